The molecule has 0 amide bonds. The first-order valence-electron chi connectivity index (χ1n) is 5.41. The summed E-state index contributed by atoms with van der Waals surface area (Å²) in [6.45, 7) is 3.64. The zero-order valence-corrected chi connectivity index (χ0v) is 8.56. The van der Waals surface area contributed by atoms with Crippen molar-refractivity contribution in [1.29, 1.82) is 0 Å². The van der Waals surface area contributed by atoms with Crippen molar-refractivity contribution >= 4 is 5.97 Å². The van der Waals surface area contributed by atoms with Crippen LogP contribution in [-0.4, -0.2) is 22.8 Å². The molecule has 0 aromatic rings. The highest BCUT2D eigenvalue weighted by molar-refractivity contribution is 5.77. The summed E-state index contributed by atoms with van der Waals surface area (Å²) in [6, 6.07) is 0. The third-order valence-corrected chi connectivity index (χ3v) is 4.30. The van der Waals surface area contributed by atoms with Gasteiger partial charge in [0, 0.05) is 11.8 Å². The normalized spacial score (nSPS) is 49.9. The average Bonchev–Trinajstić information content (AvgIpc) is 2.59. The molecule has 1 saturated heterocycles. The van der Waals surface area contributed by atoms with Crippen LogP contribution in [0.2, 0.25) is 0 Å². The van der Waals surface area contributed by atoms with Crippen molar-refractivity contribution in [3.63, 3.8) is 0 Å². The number of hydrogen-bond donors (Lipinski definition) is 1. The molecule has 1 aliphatic heterocycles. The average molecular weight is 196 g/mol. The van der Waals surface area contributed by atoms with E-state index >= 15 is 0 Å². The van der Waals surface area contributed by atoms with Gasteiger partial charge in [-0.25, -0.2) is 0 Å². The Bertz CT molecular complexity index is 289. The topological polar surface area (TPSA) is 46.5 Å². The summed E-state index contributed by atoms with van der Waals surface area (Å²) in [4.78, 5) is 11.6. The Morgan fingerprint density at radius 1 is 1.43 bits per heavy atom. The van der Waals surface area contributed by atoms with Crippen molar-refractivity contribution in [2.45, 2.75) is 38.4 Å². The van der Waals surface area contributed by atoms with Gasteiger partial charge in [0.2, 0.25) is 0 Å². The molecule has 5 atom stereocenters. The number of ether oxygens (including phenoxy) is 1. The van der Waals surface area contributed by atoms with E-state index in [1.807, 2.05) is 13.8 Å². The van der Waals surface area contributed by atoms with E-state index in [0.717, 1.165) is 12.8 Å². The number of rotatable bonds is 1. The van der Waals surface area contributed by atoms with Crippen molar-refractivity contribution in [3.05, 3.63) is 0 Å². The Labute approximate surface area is 83.4 Å². The summed E-state index contributed by atoms with van der Waals surface area (Å²) in [7, 11) is 0. The van der Waals surface area contributed by atoms with E-state index in [0.29, 0.717) is 11.8 Å². The van der Waals surface area contributed by atoms with Gasteiger partial charge in [0.1, 0.15) is 6.10 Å². The molecule has 78 valence electrons. The third kappa shape index (κ3) is 0.888. The van der Waals surface area contributed by atoms with Gasteiger partial charge in [-0.1, -0.05) is 0 Å². The van der Waals surface area contributed by atoms with E-state index in [2.05, 4.69) is 0 Å². The summed E-state index contributed by atoms with van der Waals surface area (Å²) in [5.74, 6) is 0.954. The second-order valence-corrected chi connectivity index (χ2v) is 5.58. The molecule has 3 rings (SSSR count). The molecule has 1 heterocycles. The molecule has 3 nitrogen and oxygen atoms in total. The molecule has 5 unspecified atom stereocenters. The first-order valence-corrected chi connectivity index (χ1v) is 5.41. The lowest BCUT2D eigenvalue weighted by molar-refractivity contribution is -0.146. The number of carbonyl (C=O) groups is 1. The lowest BCUT2D eigenvalue weighted by Crippen LogP contribution is -2.41. The Morgan fingerprint density at radius 3 is 2.79 bits per heavy atom. The monoisotopic (exact) mass is 196 g/mol. The lowest BCUT2D eigenvalue weighted by Gasteiger charge is -2.34. The van der Waals surface area contributed by atoms with Gasteiger partial charge < -0.3 is 9.84 Å². The molecular weight excluding hydrogens is 180 g/mol. The number of aliphatic hydroxyl groups is 1. The van der Waals surface area contributed by atoms with Gasteiger partial charge in [-0.05, 0) is 32.6 Å². The van der Waals surface area contributed by atoms with Gasteiger partial charge in [-0.2, -0.15) is 0 Å². The Morgan fingerprint density at radius 2 is 2.14 bits per heavy atom. The molecule has 0 aromatic carbocycles. The minimum Gasteiger partial charge on any atom is -0.462 e. The van der Waals surface area contributed by atoms with E-state index in [1.54, 1.807) is 0 Å². The fourth-order valence-electron chi connectivity index (χ4n) is 4.00. The Hall–Kier alpha value is -0.570. The molecule has 0 spiro atoms. The van der Waals surface area contributed by atoms with Crippen LogP contribution in [-0.2, 0) is 9.53 Å². The van der Waals surface area contributed by atoms with Crippen LogP contribution in [0.1, 0.15) is 26.7 Å². The second-order valence-electron chi connectivity index (χ2n) is 5.58. The number of fused-ring (bicyclic) bond motifs is 1. The molecule has 3 heteroatoms. The molecule has 0 aromatic heterocycles. The first-order chi connectivity index (χ1) is 6.48. The molecule has 2 aliphatic carbocycles. The minimum atomic E-state index is -0.738. The summed E-state index contributed by atoms with van der Waals surface area (Å²) in [6.07, 6.45) is 2.23. The molecule has 2 saturated carbocycles. The van der Waals surface area contributed by atoms with E-state index in [1.165, 1.54) is 0 Å². The van der Waals surface area contributed by atoms with Crippen LogP contribution >= 0.6 is 0 Å². The molecule has 3 fully saturated rings. The van der Waals surface area contributed by atoms with Crippen LogP contribution < -0.4 is 0 Å². The van der Waals surface area contributed by atoms with Gasteiger partial charge in [0.25, 0.3) is 0 Å². The van der Waals surface area contributed by atoms with E-state index in [9.17, 15) is 9.90 Å². The van der Waals surface area contributed by atoms with Crippen LogP contribution in [0.4, 0.5) is 0 Å². The van der Waals surface area contributed by atoms with Crippen LogP contribution in [0.5, 0.6) is 0 Å². The fourth-order valence-corrected chi connectivity index (χ4v) is 4.00. The Kier molecular flexibility index (Phi) is 1.45. The van der Waals surface area contributed by atoms with Crippen LogP contribution in [0.3, 0.4) is 0 Å². The second kappa shape index (κ2) is 2.32. The highest BCUT2D eigenvalue weighted by Gasteiger charge is 2.64. The van der Waals surface area contributed by atoms with Gasteiger partial charge in [-0.3, -0.25) is 4.79 Å². The van der Waals surface area contributed by atoms with Crippen LogP contribution in [0.15, 0.2) is 0 Å². The predicted molar refractivity (Wildman–Crippen MR) is 49.4 cm³/mol. The van der Waals surface area contributed by atoms with Crippen LogP contribution in [0.25, 0.3) is 0 Å². The molecule has 0 radical (unpaired) electrons. The zero-order chi connectivity index (χ0) is 10.1. The lowest BCUT2D eigenvalue weighted by atomic mass is 9.72. The van der Waals surface area contributed by atoms with Crippen molar-refractivity contribution in [3.8, 4) is 0 Å². The maximum Gasteiger partial charge on any atom is 0.310 e. The number of hydrogen-bond acceptors (Lipinski definition) is 3. The van der Waals surface area contributed by atoms with E-state index < -0.39 is 5.60 Å². The highest BCUT2D eigenvalue weighted by Crippen LogP contribution is 2.60. The number of carbonyl (C=O) groups excluding carboxylic acids is 1. The minimum absolute atomic E-state index is 0.0150. The van der Waals surface area contributed by atoms with Gasteiger partial charge in [0.05, 0.1) is 11.5 Å². The van der Waals surface area contributed by atoms with Crippen molar-refractivity contribution in [2.24, 2.45) is 23.7 Å². The van der Waals surface area contributed by atoms with E-state index in [4.69, 9.17) is 4.74 Å². The maximum atomic E-state index is 11.6. The largest absolute Gasteiger partial charge is 0.462 e. The molecule has 14 heavy (non-hydrogen) atoms. The summed E-state index contributed by atoms with van der Waals surface area (Å²) in [5, 5.41) is 10.1. The first kappa shape index (κ1) is 8.72. The Balaban J connectivity index is 1.99. The van der Waals surface area contributed by atoms with Gasteiger partial charge in [-0.15, -0.1) is 0 Å². The molecular formula is C11H16O3. The molecule has 2 bridgehead atoms. The van der Waals surface area contributed by atoms with Crippen LogP contribution in [0, 0.1) is 23.7 Å². The molecule has 3 aliphatic rings. The smallest absolute Gasteiger partial charge is 0.310 e. The van der Waals surface area contributed by atoms with Crippen molar-refractivity contribution < 1.29 is 14.6 Å². The maximum absolute atomic E-state index is 11.6. The quantitative estimate of drug-likeness (QED) is 0.635. The van der Waals surface area contributed by atoms with E-state index in [-0.39, 0.29) is 23.9 Å². The van der Waals surface area contributed by atoms with Crippen molar-refractivity contribution in [2.75, 3.05) is 0 Å². The molecule has 1 N–H and O–H groups in total. The summed E-state index contributed by atoms with van der Waals surface area (Å²) in [5.41, 5.74) is -0.738. The third-order valence-electron chi connectivity index (χ3n) is 4.30. The van der Waals surface area contributed by atoms with Crippen molar-refractivity contribution in [1.82, 2.24) is 0 Å². The van der Waals surface area contributed by atoms with Gasteiger partial charge >= 0.3 is 5.97 Å². The zero-order valence-electron chi connectivity index (χ0n) is 8.56. The van der Waals surface area contributed by atoms with Gasteiger partial charge in [0.15, 0.2) is 0 Å². The highest BCUT2D eigenvalue weighted by atomic mass is 16.6. The fraction of sp³-hybridized carbons (Fsp3) is 0.909. The standard InChI is InChI=1S/C11H16O3/c1-11(2,13)9-5-3-6-7(4-5)14-10(12)8(6)9/h5-9,13H,3-4H2,1-2H3. The summed E-state index contributed by atoms with van der Waals surface area (Å²) >= 11 is 0. The number of esters is 1. The predicted octanol–water partition coefficient (Wildman–Crippen LogP) is 0.955. The summed E-state index contributed by atoms with van der Waals surface area (Å²) < 4.78 is 5.31. The SMILES string of the molecule is CC(C)(O)C1C2CC3OC(=O)C1C3C2.